The number of hydrogen-bond acceptors (Lipinski definition) is 4. The number of nitrogens with one attached hydrogen (secondary N) is 2. The Balaban J connectivity index is 2.05. The standard InChI is InChI=1S/C18H28N2O3/c1-13-6-7-14(2)16(11-13)17(15-5-4-8-19-12-15)23-10-9-20-18(21)22-3/h6-7,11,15,17,19H,4-5,8-10,12H2,1-3H3,(H,20,21)/t15?,17-/m1/s1. The van der Waals surface area contributed by atoms with Gasteiger partial charge in [-0.2, -0.15) is 0 Å². The molecule has 1 heterocycles. The fraction of sp³-hybridized carbons (Fsp3) is 0.611. The lowest BCUT2D eigenvalue weighted by atomic mass is 9.87. The third kappa shape index (κ3) is 5.22. The Morgan fingerprint density at radius 1 is 1.43 bits per heavy atom. The summed E-state index contributed by atoms with van der Waals surface area (Å²) in [5.74, 6) is 0.461. The van der Waals surface area contributed by atoms with Crippen LogP contribution in [0.4, 0.5) is 4.79 Å². The van der Waals surface area contributed by atoms with E-state index in [4.69, 9.17) is 4.74 Å². The molecule has 23 heavy (non-hydrogen) atoms. The van der Waals surface area contributed by atoms with Crippen molar-refractivity contribution in [3.05, 3.63) is 34.9 Å². The number of hydrogen-bond donors (Lipinski definition) is 2. The van der Waals surface area contributed by atoms with Gasteiger partial charge >= 0.3 is 6.09 Å². The second-order valence-electron chi connectivity index (χ2n) is 6.18. The van der Waals surface area contributed by atoms with E-state index in [1.165, 1.54) is 30.2 Å². The third-order valence-corrected chi connectivity index (χ3v) is 4.36. The van der Waals surface area contributed by atoms with Gasteiger partial charge in [0, 0.05) is 19.0 Å². The van der Waals surface area contributed by atoms with Gasteiger partial charge in [-0.05, 0) is 44.4 Å². The van der Waals surface area contributed by atoms with Crippen LogP contribution in [0.2, 0.25) is 0 Å². The lowest BCUT2D eigenvalue weighted by molar-refractivity contribution is 0.00433. The third-order valence-electron chi connectivity index (χ3n) is 4.36. The molecule has 1 aliphatic heterocycles. The molecular formula is C18H28N2O3. The highest BCUT2D eigenvalue weighted by Crippen LogP contribution is 2.33. The molecule has 2 atom stereocenters. The van der Waals surface area contributed by atoms with Gasteiger partial charge in [0.25, 0.3) is 0 Å². The zero-order valence-corrected chi connectivity index (χ0v) is 14.4. The number of carbonyl (C=O) groups is 1. The van der Waals surface area contributed by atoms with Gasteiger partial charge < -0.3 is 20.1 Å². The van der Waals surface area contributed by atoms with E-state index in [-0.39, 0.29) is 6.10 Å². The number of aryl methyl sites for hydroxylation is 2. The topological polar surface area (TPSA) is 59.6 Å². The van der Waals surface area contributed by atoms with Gasteiger partial charge in [0.15, 0.2) is 0 Å². The number of ether oxygens (including phenoxy) is 2. The molecule has 0 saturated carbocycles. The SMILES string of the molecule is COC(=O)NCCO[C@@H](c1cc(C)ccc1C)C1CCCNC1. The summed E-state index contributed by atoms with van der Waals surface area (Å²) in [5, 5.41) is 6.13. The minimum absolute atomic E-state index is 0.0575. The van der Waals surface area contributed by atoms with E-state index in [0.29, 0.717) is 19.1 Å². The molecule has 1 unspecified atom stereocenters. The van der Waals surface area contributed by atoms with Crippen LogP contribution in [0.15, 0.2) is 18.2 Å². The van der Waals surface area contributed by atoms with E-state index in [1.807, 2.05) is 0 Å². The van der Waals surface area contributed by atoms with Gasteiger partial charge in [0.2, 0.25) is 0 Å². The average molecular weight is 320 g/mol. The van der Waals surface area contributed by atoms with Crippen molar-refractivity contribution in [2.24, 2.45) is 5.92 Å². The maximum absolute atomic E-state index is 11.1. The van der Waals surface area contributed by atoms with Gasteiger partial charge in [-0.3, -0.25) is 0 Å². The number of piperidine rings is 1. The lowest BCUT2D eigenvalue weighted by Crippen LogP contribution is -2.35. The van der Waals surface area contributed by atoms with Crippen LogP contribution in [-0.2, 0) is 9.47 Å². The summed E-state index contributed by atoms with van der Waals surface area (Å²) in [6.45, 7) is 7.23. The monoisotopic (exact) mass is 320 g/mol. The van der Waals surface area contributed by atoms with E-state index in [0.717, 1.165) is 19.5 Å². The van der Waals surface area contributed by atoms with Crippen LogP contribution in [0, 0.1) is 19.8 Å². The minimum atomic E-state index is -0.420. The van der Waals surface area contributed by atoms with Crippen LogP contribution in [-0.4, -0.2) is 39.4 Å². The second-order valence-corrected chi connectivity index (χ2v) is 6.18. The first kappa shape index (κ1) is 17.8. The molecule has 0 aromatic heterocycles. The molecule has 1 aliphatic rings. The number of amides is 1. The van der Waals surface area contributed by atoms with Crippen molar-refractivity contribution in [3.63, 3.8) is 0 Å². The molecule has 5 heteroatoms. The molecule has 2 N–H and O–H groups in total. The van der Waals surface area contributed by atoms with Gasteiger partial charge in [-0.25, -0.2) is 4.79 Å². The molecule has 5 nitrogen and oxygen atoms in total. The Morgan fingerprint density at radius 3 is 2.96 bits per heavy atom. The highest BCUT2D eigenvalue weighted by Gasteiger charge is 2.27. The van der Waals surface area contributed by atoms with Crippen LogP contribution in [0.25, 0.3) is 0 Å². The minimum Gasteiger partial charge on any atom is -0.453 e. The Hall–Kier alpha value is -1.59. The van der Waals surface area contributed by atoms with Crippen molar-refractivity contribution < 1.29 is 14.3 Å². The van der Waals surface area contributed by atoms with Crippen molar-refractivity contribution >= 4 is 6.09 Å². The van der Waals surface area contributed by atoms with E-state index < -0.39 is 6.09 Å². The number of carbonyl (C=O) groups excluding carboxylic acids is 1. The van der Waals surface area contributed by atoms with Crippen LogP contribution in [0.1, 0.15) is 35.6 Å². The van der Waals surface area contributed by atoms with Crippen molar-refractivity contribution in [1.29, 1.82) is 0 Å². The first-order valence-corrected chi connectivity index (χ1v) is 8.33. The molecule has 2 rings (SSSR count). The highest BCUT2D eigenvalue weighted by atomic mass is 16.5. The molecule has 0 bridgehead atoms. The van der Waals surface area contributed by atoms with Crippen LogP contribution in [0.3, 0.4) is 0 Å². The van der Waals surface area contributed by atoms with Crippen molar-refractivity contribution in [2.75, 3.05) is 33.4 Å². The summed E-state index contributed by atoms with van der Waals surface area (Å²) in [4.78, 5) is 11.1. The summed E-state index contributed by atoms with van der Waals surface area (Å²) in [6, 6.07) is 6.51. The quantitative estimate of drug-likeness (QED) is 0.791. The molecule has 1 saturated heterocycles. The molecule has 1 amide bonds. The fourth-order valence-corrected chi connectivity index (χ4v) is 3.09. The molecule has 0 aliphatic carbocycles. The van der Waals surface area contributed by atoms with Crippen LogP contribution in [0.5, 0.6) is 0 Å². The Bertz CT molecular complexity index is 513. The molecule has 0 radical (unpaired) electrons. The van der Waals surface area contributed by atoms with E-state index in [2.05, 4.69) is 47.4 Å². The number of alkyl carbamates (subject to hydrolysis) is 1. The molecule has 1 fully saturated rings. The smallest absolute Gasteiger partial charge is 0.406 e. The molecular weight excluding hydrogens is 292 g/mol. The van der Waals surface area contributed by atoms with Gasteiger partial charge in [-0.1, -0.05) is 23.8 Å². The Morgan fingerprint density at radius 2 is 2.26 bits per heavy atom. The molecule has 1 aromatic rings. The van der Waals surface area contributed by atoms with Gasteiger partial charge in [0.1, 0.15) is 0 Å². The number of rotatable bonds is 6. The Kier molecular flexibility index (Phi) is 6.86. The van der Waals surface area contributed by atoms with Gasteiger partial charge in [-0.15, -0.1) is 0 Å². The summed E-state index contributed by atoms with van der Waals surface area (Å²) in [5.41, 5.74) is 3.76. The number of methoxy groups -OCH3 is 1. The van der Waals surface area contributed by atoms with Crippen LogP contribution < -0.4 is 10.6 Å². The average Bonchev–Trinajstić information content (AvgIpc) is 2.58. The maximum Gasteiger partial charge on any atom is 0.406 e. The largest absolute Gasteiger partial charge is 0.453 e. The predicted octanol–water partition coefficient (Wildman–Crippen LogP) is 2.72. The summed E-state index contributed by atoms with van der Waals surface area (Å²) in [7, 11) is 1.36. The van der Waals surface area contributed by atoms with E-state index in [1.54, 1.807) is 0 Å². The van der Waals surface area contributed by atoms with E-state index in [9.17, 15) is 4.79 Å². The normalized spacial score (nSPS) is 19.2. The predicted molar refractivity (Wildman–Crippen MR) is 90.6 cm³/mol. The lowest BCUT2D eigenvalue weighted by Gasteiger charge is -2.32. The second kappa shape index (κ2) is 8.89. The maximum atomic E-state index is 11.1. The molecule has 1 aromatic carbocycles. The zero-order chi connectivity index (χ0) is 16.7. The zero-order valence-electron chi connectivity index (χ0n) is 14.4. The van der Waals surface area contributed by atoms with Crippen LogP contribution >= 0.6 is 0 Å². The number of benzene rings is 1. The first-order valence-electron chi connectivity index (χ1n) is 8.33. The van der Waals surface area contributed by atoms with E-state index >= 15 is 0 Å². The van der Waals surface area contributed by atoms with Crippen molar-refractivity contribution in [3.8, 4) is 0 Å². The van der Waals surface area contributed by atoms with Crippen molar-refractivity contribution in [1.82, 2.24) is 10.6 Å². The van der Waals surface area contributed by atoms with Gasteiger partial charge in [0.05, 0.1) is 19.8 Å². The molecule has 0 spiro atoms. The summed E-state index contributed by atoms with van der Waals surface area (Å²) >= 11 is 0. The summed E-state index contributed by atoms with van der Waals surface area (Å²) in [6.07, 6.45) is 1.98. The first-order chi connectivity index (χ1) is 11.1. The highest BCUT2D eigenvalue weighted by molar-refractivity contribution is 5.66. The van der Waals surface area contributed by atoms with Crippen molar-refractivity contribution in [2.45, 2.75) is 32.8 Å². The summed E-state index contributed by atoms with van der Waals surface area (Å²) < 4.78 is 10.8. The molecule has 128 valence electrons. The Labute approximate surface area is 138 Å². The fourth-order valence-electron chi connectivity index (χ4n) is 3.09.